The third-order valence-corrected chi connectivity index (χ3v) is 3.83. The van der Waals surface area contributed by atoms with Gasteiger partial charge in [0.2, 0.25) is 0 Å². The Bertz CT molecular complexity index is 234. The second-order valence-electron chi connectivity index (χ2n) is 4.73. The van der Waals surface area contributed by atoms with Crippen molar-refractivity contribution in [2.24, 2.45) is 5.41 Å². The molecule has 0 amide bonds. The zero-order valence-corrected chi connectivity index (χ0v) is 8.96. The van der Waals surface area contributed by atoms with Crippen LogP contribution in [0.3, 0.4) is 0 Å². The lowest BCUT2D eigenvalue weighted by molar-refractivity contribution is 0.0184. The third kappa shape index (κ3) is 1.73. The van der Waals surface area contributed by atoms with E-state index in [4.69, 9.17) is 4.74 Å². The van der Waals surface area contributed by atoms with E-state index in [2.05, 4.69) is 13.0 Å². The van der Waals surface area contributed by atoms with Gasteiger partial charge in [-0.1, -0.05) is 18.6 Å². The third-order valence-electron chi connectivity index (χ3n) is 3.83. The summed E-state index contributed by atoms with van der Waals surface area (Å²) >= 11 is 0. The van der Waals surface area contributed by atoms with Crippen LogP contribution in [0.4, 0.5) is 0 Å². The SMILES string of the molecule is C[C@]12CCCOC/C=C\1CCC[C@@H]2O. The standard InChI is InChI=1S/C12H20O2/c1-12-7-3-8-14-9-6-10(12)4-2-5-11(12)13/h6,11,13H,2-5,7-9H2,1H3/b10-6-/t11-,12-/m0/s1. The lowest BCUT2D eigenvalue weighted by Gasteiger charge is -2.42. The minimum absolute atomic E-state index is 0.0437. The van der Waals surface area contributed by atoms with Crippen molar-refractivity contribution in [3.05, 3.63) is 11.6 Å². The maximum atomic E-state index is 10.1. The fraction of sp³-hybridized carbons (Fsp3) is 0.833. The number of aliphatic hydroxyl groups excluding tert-OH is 1. The van der Waals surface area contributed by atoms with Gasteiger partial charge in [-0.15, -0.1) is 0 Å². The Kier molecular flexibility index (Phi) is 2.93. The lowest BCUT2D eigenvalue weighted by atomic mass is 9.67. The molecule has 1 fully saturated rings. The minimum atomic E-state index is -0.138. The summed E-state index contributed by atoms with van der Waals surface area (Å²) < 4.78 is 5.45. The smallest absolute Gasteiger partial charge is 0.0650 e. The van der Waals surface area contributed by atoms with Gasteiger partial charge in [0.25, 0.3) is 0 Å². The lowest BCUT2D eigenvalue weighted by Crippen LogP contribution is -2.38. The van der Waals surface area contributed by atoms with E-state index in [0.29, 0.717) is 0 Å². The Morgan fingerprint density at radius 2 is 2.36 bits per heavy atom. The van der Waals surface area contributed by atoms with Crippen LogP contribution in [0.2, 0.25) is 0 Å². The van der Waals surface area contributed by atoms with Crippen LogP contribution in [0.15, 0.2) is 11.6 Å². The van der Waals surface area contributed by atoms with Crippen molar-refractivity contribution >= 4 is 0 Å². The molecule has 0 spiro atoms. The van der Waals surface area contributed by atoms with Crippen molar-refractivity contribution in [3.63, 3.8) is 0 Å². The Labute approximate surface area is 86.0 Å². The predicted octanol–water partition coefficient (Wildman–Crippen LogP) is 2.27. The highest BCUT2D eigenvalue weighted by Gasteiger charge is 2.38. The average Bonchev–Trinajstić information content (AvgIpc) is 2.14. The van der Waals surface area contributed by atoms with Gasteiger partial charge in [0.15, 0.2) is 0 Å². The van der Waals surface area contributed by atoms with E-state index in [0.717, 1.165) is 45.3 Å². The van der Waals surface area contributed by atoms with E-state index in [9.17, 15) is 5.11 Å². The van der Waals surface area contributed by atoms with Gasteiger partial charge in [0, 0.05) is 12.0 Å². The van der Waals surface area contributed by atoms with E-state index in [1.165, 1.54) is 5.57 Å². The van der Waals surface area contributed by atoms with Crippen LogP contribution in [0.5, 0.6) is 0 Å². The van der Waals surface area contributed by atoms with Crippen molar-refractivity contribution in [2.75, 3.05) is 13.2 Å². The first kappa shape index (κ1) is 10.2. The Morgan fingerprint density at radius 1 is 1.50 bits per heavy atom. The number of ether oxygens (including phenoxy) is 1. The highest BCUT2D eigenvalue weighted by atomic mass is 16.5. The second-order valence-corrected chi connectivity index (χ2v) is 4.73. The van der Waals surface area contributed by atoms with E-state index in [1.54, 1.807) is 0 Å². The summed E-state index contributed by atoms with van der Waals surface area (Å²) in [5, 5.41) is 10.1. The first-order chi connectivity index (χ1) is 6.73. The number of hydrogen-bond acceptors (Lipinski definition) is 2. The summed E-state index contributed by atoms with van der Waals surface area (Å²) in [4.78, 5) is 0. The van der Waals surface area contributed by atoms with Crippen molar-refractivity contribution in [1.82, 2.24) is 0 Å². The molecule has 1 aliphatic heterocycles. The summed E-state index contributed by atoms with van der Waals surface area (Å²) in [6, 6.07) is 0. The molecule has 0 unspecified atom stereocenters. The van der Waals surface area contributed by atoms with Gasteiger partial charge in [0.05, 0.1) is 12.7 Å². The number of hydrogen-bond donors (Lipinski definition) is 1. The molecule has 2 atom stereocenters. The topological polar surface area (TPSA) is 29.5 Å². The maximum absolute atomic E-state index is 10.1. The van der Waals surface area contributed by atoms with E-state index in [-0.39, 0.29) is 11.5 Å². The maximum Gasteiger partial charge on any atom is 0.0650 e. The average molecular weight is 196 g/mol. The van der Waals surface area contributed by atoms with Gasteiger partial charge in [-0.3, -0.25) is 0 Å². The van der Waals surface area contributed by atoms with Gasteiger partial charge in [-0.05, 0) is 32.1 Å². The van der Waals surface area contributed by atoms with Crippen molar-refractivity contribution < 1.29 is 9.84 Å². The van der Waals surface area contributed by atoms with Crippen molar-refractivity contribution in [1.29, 1.82) is 0 Å². The molecule has 14 heavy (non-hydrogen) atoms. The van der Waals surface area contributed by atoms with Crippen LogP contribution in [0.25, 0.3) is 0 Å². The summed E-state index contributed by atoms with van der Waals surface area (Å²) in [6.45, 7) is 3.79. The summed E-state index contributed by atoms with van der Waals surface area (Å²) in [7, 11) is 0. The molecule has 0 aromatic rings. The summed E-state index contributed by atoms with van der Waals surface area (Å²) in [5.41, 5.74) is 1.47. The monoisotopic (exact) mass is 196 g/mol. The van der Waals surface area contributed by atoms with Gasteiger partial charge in [0.1, 0.15) is 0 Å². The van der Waals surface area contributed by atoms with E-state index in [1.807, 2.05) is 0 Å². The molecule has 80 valence electrons. The molecule has 0 aromatic carbocycles. The second kappa shape index (κ2) is 4.03. The first-order valence-electron chi connectivity index (χ1n) is 5.69. The number of fused-ring (bicyclic) bond motifs is 1. The molecule has 0 saturated heterocycles. The first-order valence-corrected chi connectivity index (χ1v) is 5.69. The molecule has 1 aliphatic carbocycles. The fourth-order valence-electron chi connectivity index (χ4n) is 2.75. The minimum Gasteiger partial charge on any atom is -0.392 e. The van der Waals surface area contributed by atoms with Crippen LogP contribution in [0.1, 0.15) is 39.0 Å². The number of aliphatic hydroxyl groups is 1. The van der Waals surface area contributed by atoms with Crippen molar-refractivity contribution in [2.45, 2.75) is 45.1 Å². The summed E-state index contributed by atoms with van der Waals surface area (Å²) in [5.74, 6) is 0. The molecule has 1 heterocycles. The highest BCUT2D eigenvalue weighted by Crippen LogP contribution is 2.44. The molecule has 1 N–H and O–H groups in total. The molecular formula is C12H20O2. The molecule has 1 saturated carbocycles. The molecule has 2 heteroatoms. The fourth-order valence-corrected chi connectivity index (χ4v) is 2.75. The van der Waals surface area contributed by atoms with Gasteiger partial charge < -0.3 is 9.84 Å². The zero-order chi connectivity index (χ0) is 10.0. The predicted molar refractivity (Wildman–Crippen MR) is 56.1 cm³/mol. The quantitative estimate of drug-likeness (QED) is 0.602. The molecule has 2 aliphatic rings. The Morgan fingerprint density at radius 3 is 3.21 bits per heavy atom. The zero-order valence-electron chi connectivity index (χ0n) is 8.96. The van der Waals surface area contributed by atoms with Crippen LogP contribution in [-0.2, 0) is 4.74 Å². The molecule has 2 nitrogen and oxygen atoms in total. The van der Waals surface area contributed by atoms with Gasteiger partial charge >= 0.3 is 0 Å². The Balaban J connectivity index is 2.23. The van der Waals surface area contributed by atoms with Gasteiger partial charge in [-0.2, -0.15) is 0 Å². The number of rotatable bonds is 0. The van der Waals surface area contributed by atoms with E-state index >= 15 is 0 Å². The molecule has 2 rings (SSSR count). The molecular weight excluding hydrogens is 176 g/mol. The van der Waals surface area contributed by atoms with Crippen LogP contribution in [-0.4, -0.2) is 24.4 Å². The van der Waals surface area contributed by atoms with Crippen LogP contribution in [0, 0.1) is 5.41 Å². The highest BCUT2D eigenvalue weighted by molar-refractivity contribution is 5.19. The molecule has 0 radical (unpaired) electrons. The van der Waals surface area contributed by atoms with E-state index < -0.39 is 0 Å². The van der Waals surface area contributed by atoms with Gasteiger partial charge in [-0.25, -0.2) is 0 Å². The van der Waals surface area contributed by atoms with Crippen LogP contribution < -0.4 is 0 Å². The summed E-state index contributed by atoms with van der Waals surface area (Å²) in [6.07, 6.45) is 7.45. The normalized spacial score (nSPS) is 43.0. The van der Waals surface area contributed by atoms with Crippen LogP contribution >= 0.6 is 0 Å². The van der Waals surface area contributed by atoms with Crippen molar-refractivity contribution in [3.8, 4) is 0 Å². The Hall–Kier alpha value is -0.340. The molecule has 0 aromatic heterocycles. The largest absolute Gasteiger partial charge is 0.392 e. The molecule has 0 bridgehead atoms.